The molecule has 4 heteroatoms. The number of rotatable bonds is 4. The summed E-state index contributed by atoms with van der Waals surface area (Å²) in [6.45, 7) is 6.72. The summed E-state index contributed by atoms with van der Waals surface area (Å²) >= 11 is 0. The summed E-state index contributed by atoms with van der Waals surface area (Å²) in [5.74, 6) is 0.152. The van der Waals surface area contributed by atoms with Crippen molar-refractivity contribution in [1.82, 2.24) is 9.67 Å². The number of carbonyl (C=O) groups is 1. The predicted octanol–water partition coefficient (Wildman–Crippen LogP) is 1.63. The van der Waals surface area contributed by atoms with E-state index in [0.29, 0.717) is 6.54 Å². The molecule has 0 saturated heterocycles. The molecule has 0 aliphatic heterocycles. The van der Waals surface area contributed by atoms with E-state index in [4.69, 9.17) is 0 Å². The zero-order valence-corrected chi connectivity index (χ0v) is 11.6. The summed E-state index contributed by atoms with van der Waals surface area (Å²) in [6, 6.07) is 10.1. The van der Waals surface area contributed by atoms with Crippen molar-refractivity contribution >= 4 is 5.78 Å². The Balaban J connectivity index is 2.02. The highest BCUT2D eigenvalue weighted by molar-refractivity contribution is 5.82. The van der Waals surface area contributed by atoms with E-state index < -0.39 is 0 Å². The normalized spacial score (nSPS) is 11.5. The van der Waals surface area contributed by atoms with Gasteiger partial charge in [0.25, 0.3) is 0 Å². The minimum atomic E-state index is -0.343. The van der Waals surface area contributed by atoms with Crippen molar-refractivity contribution in [2.45, 2.75) is 33.9 Å². The fraction of sp³-hybridized carbons (Fsp3) is 0.400. The summed E-state index contributed by atoms with van der Waals surface area (Å²) in [5, 5.41) is 4.17. The molecule has 4 nitrogen and oxygen atoms in total. The third kappa shape index (κ3) is 3.74. The van der Waals surface area contributed by atoms with Crippen molar-refractivity contribution in [2.75, 3.05) is 0 Å². The van der Waals surface area contributed by atoms with Gasteiger partial charge in [0.2, 0.25) is 0 Å². The zero-order chi connectivity index (χ0) is 13.9. The van der Waals surface area contributed by atoms with E-state index in [2.05, 4.69) is 23.6 Å². The van der Waals surface area contributed by atoms with Crippen molar-refractivity contribution in [1.29, 1.82) is 0 Å². The predicted molar refractivity (Wildman–Crippen MR) is 71.3 cm³/mol. The molecule has 0 unspecified atom stereocenters. The number of benzene rings is 1. The maximum absolute atomic E-state index is 11.9. The van der Waals surface area contributed by atoms with Crippen molar-refractivity contribution in [3.63, 3.8) is 0 Å². The molecule has 0 spiro atoms. The smallest absolute Gasteiger partial charge is 0.179 e. The van der Waals surface area contributed by atoms with Gasteiger partial charge < -0.3 is 4.57 Å². The lowest BCUT2D eigenvalue weighted by molar-refractivity contribution is -0.744. The lowest BCUT2D eigenvalue weighted by Crippen LogP contribution is -2.43. The zero-order valence-electron chi connectivity index (χ0n) is 11.6. The number of carbonyl (C=O) groups excluding carboxylic acids is 1. The van der Waals surface area contributed by atoms with Crippen LogP contribution in [0.3, 0.4) is 0 Å². The Morgan fingerprint density at radius 1 is 1.32 bits per heavy atom. The molecule has 100 valence electrons. The third-order valence-electron chi connectivity index (χ3n) is 2.90. The van der Waals surface area contributed by atoms with Gasteiger partial charge in [-0.2, -0.15) is 5.10 Å². The van der Waals surface area contributed by atoms with Crippen molar-refractivity contribution in [2.24, 2.45) is 5.41 Å². The van der Waals surface area contributed by atoms with E-state index in [9.17, 15) is 4.79 Å². The molecule has 0 bridgehead atoms. The maximum Gasteiger partial charge on any atom is 0.179 e. The molecule has 0 N–H and O–H groups in total. The van der Waals surface area contributed by atoms with Crippen LogP contribution in [0.15, 0.2) is 36.7 Å². The lowest BCUT2D eigenvalue weighted by Gasteiger charge is -2.14. The number of hydrogen-bond acceptors (Lipinski definition) is 2. The Morgan fingerprint density at radius 3 is 2.63 bits per heavy atom. The summed E-state index contributed by atoms with van der Waals surface area (Å²) in [4.78, 5) is 11.9. The highest BCUT2D eigenvalue weighted by Gasteiger charge is 2.22. The monoisotopic (exact) mass is 257 g/mol. The number of hydrogen-bond donors (Lipinski definition) is 0. The van der Waals surface area contributed by atoms with Gasteiger partial charge in [0, 0.05) is 5.41 Å². The Labute approximate surface area is 113 Å². The first-order chi connectivity index (χ1) is 8.95. The molecule has 19 heavy (non-hydrogen) atoms. The molecule has 2 aromatic rings. The van der Waals surface area contributed by atoms with Gasteiger partial charge in [-0.3, -0.25) is 4.79 Å². The standard InChI is InChI=1S/C15H19N3O/c1-15(2,3)14(19)10-18-12-17(11-16-18)9-13-7-5-4-6-8-13/h4-8,11H,9-10H2,1-3H3. The van der Waals surface area contributed by atoms with Crippen LogP contribution in [-0.4, -0.2) is 15.4 Å². The van der Waals surface area contributed by atoms with E-state index in [-0.39, 0.29) is 17.7 Å². The minimum Gasteiger partial charge on any atom is -0.377 e. The largest absolute Gasteiger partial charge is 0.377 e. The van der Waals surface area contributed by atoms with Crippen LogP contribution in [0.4, 0.5) is 0 Å². The van der Waals surface area contributed by atoms with E-state index in [1.165, 1.54) is 5.56 Å². The van der Waals surface area contributed by atoms with Crippen LogP contribution in [0.1, 0.15) is 26.3 Å². The molecule has 0 saturated carbocycles. The van der Waals surface area contributed by atoms with Crippen LogP contribution in [-0.2, 0) is 17.9 Å². The quantitative estimate of drug-likeness (QED) is 0.617. The van der Waals surface area contributed by atoms with Gasteiger partial charge >= 0.3 is 0 Å². The number of Topliss-reactive ketones (excluding diaryl/α,β-unsaturated/α-hetero) is 1. The molecule has 1 aromatic heterocycles. The van der Waals surface area contributed by atoms with Crippen molar-refractivity contribution < 1.29 is 9.48 Å². The van der Waals surface area contributed by atoms with Gasteiger partial charge in [-0.25, -0.2) is 4.68 Å². The average Bonchev–Trinajstić information content (AvgIpc) is 2.76. The van der Waals surface area contributed by atoms with Crippen LogP contribution in [0.2, 0.25) is 0 Å². The SMILES string of the molecule is CC(C)(C)C(=O)C[n+]1[c-]n(Cc2ccccc2)cn1. The summed E-state index contributed by atoms with van der Waals surface area (Å²) in [5.41, 5.74) is 0.842. The Hall–Kier alpha value is -1.97. The summed E-state index contributed by atoms with van der Waals surface area (Å²) in [6.07, 6.45) is 4.76. The van der Waals surface area contributed by atoms with Crippen LogP contribution in [0.5, 0.6) is 0 Å². The van der Waals surface area contributed by atoms with Crippen molar-refractivity contribution in [3.8, 4) is 0 Å². The highest BCUT2D eigenvalue weighted by atomic mass is 16.1. The lowest BCUT2D eigenvalue weighted by atomic mass is 9.91. The molecule has 2 rings (SSSR count). The Morgan fingerprint density at radius 2 is 2.00 bits per heavy atom. The second kappa shape index (κ2) is 5.34. The van der Waals surface area contributed by atoms with E-state index >= 15 is 0 Å². The molecule has 0 radical (unpaired) electrons. The minimum absolute atomic E-state index is 0.152. The molecule has 0 amide bonds. The summed E-state index contributed by atoms with van der Waals surface area (Å²) < 4.78 is 3.42. The van der Waals surface area contributed by atoms with Gasteiger partial charge in [-0.05, 0) is 5.56 Å². The third-order valence-corrected chi connectivity index (χ3v) is 2.90. The van der Waals surface area contributed by atoms with Gasteiger partial charge in [0.05, 0.1) is 12.9 Å². The van der Waals surface area contributed by atoms with E-state index in [0.717, 1.165) is 0 Å². The van der Waals surface area contributed by atoms with Gasteiger partial charge in [0.15, 0.2) is 18.7 Å². The fourth-order valence-corrected chi connectivity index (χ4v) is 1.63. The van der Waals surface area contributed by atoms with Crippen LogP contribution in [0.25, 0.3) is 0 Å². The second-order valence-corrected chi connectivity index (χ2v) is 5.68. The second-order valence-electron chi connectivity index (χ2n) is 5.68. The molecule has 1 heterocycles. The number of ketones is 1. The van der Waals surface area contributed by atoms with Gasteiger partial charge in [0.1, 0.15) is 0 Å². The van der Waals surface area contributed by atoms with E-state index in [1.807, 2.05) is 43.5 Å². The highest BCUT2D eigenvalue weighted by Crippen LogP contribution is 2.13. The number of aromatic nitrogens is 3. The van der Waals surface area contributed by atoms with E-state index in [1.54, 1.807) is 11.0 Å². The topological polar surface area (TPSA) is 38.8 Å². The van der Waals surface area contributed by atoms with Crippen LogP contribution >= 0.6 is 0 Å². The van der Waals surface area contributed by atoms with Crippen LogP contribution in [0, 0.1) is 11.7 Å². The average molecular weight is 257 g/mol. The first-order valence-corrected chi connectivity index (χ1v) is 6.37. The van der Waals surface area contributed by atoms with Crippen molar-refractivity contribution in [3.05, 3.63) is 48.5 Å². The first kappa shape index (κ1) is 13.5. The molecule has 0 aliphatic carbocycles. The van der Waals surface area contributed by atoms with Gasteiger partial charge in [-0.15, -0.1) is 0 Å². The fourth-order valence-electron chi connectivity index (χ4n) is 1.63. The number of nitrogens with zero attached hydrogens (tertiary/aromatic N) is 3. The molecular weight excluding hydrogens is 238 g/mol. The Bertz CT molecular complexity index is 552. The molecule has 0 fully saturated rings. The molecule has 0 aliphatic rings. The first-order valence-electron chi connectivity index (χ1n) is 6.37. The Kier molecular flexibility index (Phi) is 3.79. The molecule has 1 aromatic carbocycles. The molecule has 0 atom stereocenters. The van der Waals surface area contributed by atoms with Gasteiger partial charge in [-0.1, -0.05) is 51.1 Å². The van der Waals surface area contributed by atoms with Crippen LogP contribution < -0.4 is 4.68 Å². The summed E-state index contributed by atoms with van der Waals surface area (Å²) in [7, 11) is 0. The molecular formula is C15H19N3O. The maximum atomic E-state index is 11.9.